The average Bonchev–Trinajstić information content (AvgIpc) is 3.20. The van der Waals surface area contributed by atoms with Crippen molar-refractivity contribution in [3.63, 3.8) is 0 Å². The summed E-state index contributed by atoms with van der Waals surface area (Å²) < 4.78 is 39.4. The molecule has 0 saturated heterocycles. The summed E-state index contributed by atoms with van der Waals surface area (Å²) >= 11 is 0. The molecular formula is C24H19F3N4O. The molecule has 5 nitrogen and oxygen atoms in total. The predicted octanol–water partition coefficient (Wildman–Crippen LogP) is 5.36. The standard InChI is InChI=1S/C24H19F3N4O/c1-15-5-7-18(12-17(15)8-10-20-14-29-22(30-20)4-3-11-28)23(32)31-19-9-6-16(2)21(13-19)24(25,26)27/h3-7,9,11-14,28H,1-2H3,(H,29,30)(H,31,32)/b4-3-,28-11?. The van der Waals surface area contributed by atoms with Crippen molar-refractivity contribution in [3.8, 4) is 11.8 Å². The molecule has 8 heteroatoms. The Morgan fingerprint density at radius 2 is 1.88 bits per heavy atom. The van der Waals surface area contributed by atoms with Gasteiger partial charge in [-0.15, -0.1) is 0 Å². The quantitative estimate of drug-likeness (QED) is 0.380. The molecule has 0 fully saturated rings. The Hall–Kier alpha value is -4.12. The van der Waals surface area contributed by atoms with Crippen LogP contribution in [0.1, 0.15) is 44.1 Å². The van der Waals surface area contributed by atoms with Crippen LogP contribution in [0, 0.1) is 31.1 Å². The Morgan fingerprint density at radius 1 is 1.12 bits per heavy atom. The summed E-state index contributed by atoms with van der Waals surface area (Å²) in [6.45, 7) is 3.21. The minimum absolute atomic E-state index is 0.0594. The second-order valence-electron chi connectivity index (χ2n) is 6.97. The number of anilines is 1. The SMILES string of the molecule is Cc1ccc(C(=O)Nc2ccc(C)c(C(F)(F)F)c2)cc1C#Cc1cnc(/C=C\C=N)[nH]1. The molecule has 1 aromatic heterocycles. The van der Waals surface area contributed by atoms with E-state index in [-0.39, 0.29) is 16.8 Å². The predicted molar refractivity (Wildman–Crippen MR) is 118 cm³/mol. The van der Waals surface area contributed by atoms with Gasteiger partial charge in [-0.3, -0.25) is 4.79 Å². The van der Waals surface area contributed by atoms with Gasteiger partial charge in [0.05, 0.1) is 11.8 Å². The topological polar surface area (TPSA) is 81.6 Å². The van der Waals surface area contributed by atoms with Crippen LogP contribution in [-0.4, -0.2) is 22.1 Å². The molecule has 0 aliphatic heterocycles. The Kier molecular flexibility index (Phi) is 6.59. The van der Waals surface area contributed by atoms with Gasteiger partial charge >= 0.3 is 6.18 Å². The number of aromatic amines is 1. The van der Waals surface area contributed by atoms with Gasteiger partial charge in [-0.1, -0.05) is 18.1 Å². The van der Waals surface area contributed by atoms with Crippen LogP contribution in [0.15, 0.2) is 48.7 Å². The lowest BCUT2D eigenvalue weighted by molar-refractivity contribution is -0.138. The van der Waals surface area contributed by atoms with Crippen molar-refractivity contribution >= 4 is 23.9 Å². The van der Waals surface area contributed by atoms with Crippen molar-refractivity contribution in [2.75, 3.05) is 5.32 Å². The van der Waals surface area contributed by atoms with Crippen LogP contribution in [0.4, 0.5) is 18.9 Å². The molecule has 0 spiro atoms. The van der Waals surface area contributed by atoms with E-state index in [1.54, 1.807) is 30.5 Å². The Balaban J connectivity index is 1.82. The van der Waals surface area contributed by atoms with Crippen molar-refractivity contribution in [2.45, 2.75) is 20.0 Å². The number of aromatic nitrogens is 2. The third kappa shape index (κ3) is 5.52. The minimum atomic E-state index is -4.50. The number of nitrogens with one attached hydrogen (secondary N) is 3. The maximum Gasteiger partial charge on any atom is 0.416 e. The van der Waals surface area contributed by atoms with E-state index in [4.69, 9.17) is 5.41 Å². The van der Waals surface area contributed by atoms with Crippen LogP contribution in [0.2, 0.25) is 0 Å². The number of alkyl halides is 3. The second kappa shape index (κ2) is 9.35. The first kappa shape index (κ1) is 22.6. The number of hydrogen-bond donors (Lipinski definition) is 3. The summed E-state index contributed by atoms with van der Waals surface area (Å²) in [7, 11) is 0. The maximum atomic E-state index is 13.1. The first-order valence-electron chi connectivity index (χ1n) is 9.51. The molecule has 0 aliphatic carbocycles. The number of hydrogen-bond acceptors (Lipinski definition) is 3. The van der Waals surface area contributed by atoms with Crippen LogP contribution in [0.25, 0.3) is 6.08 Å². The molecule has 1 heterocycles. The monoisotopic (exact) mass is 436 g/mol. The third-order valence-corrected chi connectivity index (χ3v) is 4.58. The molecule has 1 amide bonds. The van der Waals surface area contributed by atoms with E-state index in [9.17, 15) is 18.0 Å². The summed E-state index contributed by atoms with van der Waals surface area (Å²) in [5.74, 6) is 5.92. The Labute approximate surface area is 182 Å². The van der Waals surface area contributed by atoms with E-state index >= 15 is 0 Å². The second-order valence-corrected chi connectivity index (χ2v) is 6.97. The Bertz CT molecular complexity index is 1260. The van der Waals surface area contributed by atoms with Crippen molar-refractivity contribution in [2.24, 2.45) is 0 Å². The Morgan fingerprint density at radius 3 is 2.59 bits per heavy atom. The lowest BCUT2D eigenvalue weighted by Gasteiger charge is -2.13. The third-order valence-electron chi connectivity index (χ3n) is 4.58. The number of amides is 1. The van der Waals surface area contributed by atoms with E-state index in [2.05, 4.69) is 27.1 Å². The van der Waals surface area contributed by atoms with Gasteiger partial charge < -0.3 is 15.7 Å². The zero-order valence-corrected chi connectivity index (χ0v) is 17.3. The average molecular weight is 436 g/mol. The summed E-state index contributed by atoms with van der Waals surface area (Å²) in [4.78, 5) is 19.7. The van der Waals surface area contributed by atoms with Gasteiger partial charge in [0.1, 0.15) is 11.5 Å². The number of allylic oxidation sites excluding steroid dienone is 1. The number of nitrogens with zero attached hydrogens (tertiary/aromatic N) is 1. The van der Waals surface area contributed by atoms with Crippen LogP contribution in [0.5, 0.6) is 0 Å². The number of imidazole rings is 1. The van der Waals surface area contributed by atoms with Crippen molar-refractivity contribution in [3.05, 3.63) is 88.0 Å². The molecule has 0 atom stereocenters. The number of H-pyrrole nitrogens is 1. The smallest absolute Gasteiger partial charge is 0.332 e. The number of aryl methyl sites for hydroxylation is 2. The summed E-state index contributed by atoms with van der Waals surface area (Å²) in [6, 6.07) is 8.57. The molecular weight excluding hydrogens is 417 g/mol. The van der Waals surface area contributed by atoms with E-state index in [1.807, 2.05) is 6.92 Å². The molecule has 0 unspecified atom stereocenters. The van der Waals surface area contributed by atoms with Gasteiger partial charge in [-0.05, 0) is 67.3 Å². The zero-order chi connectivity index (χ0) is 23.3. The number of carbonyl (C=O) groups is 1. The number of benzene rings is 2. The number of carbonyl (C=O) groups excluding carboxylic acids is 1. The zero-order valence-electron chi connectivity index (χ0n) is 17.3. The van der Waals surface area contributed by atoms with Gasteiger partial charge in [0, 0.05) is 23.0 Å². The molecule has 3 N–H and O–H groups in total. The maximum absolute atomic E-state index is 13.1. The highest BCUT2D eigenvalue weighted by molar-refractivity contribution is 6.04. The van der Waals surface area contributed by atoms with Gasteiger partial charge in [0.25, 0.3) is 5.91 Å². The molecule has 3 rings (SSSR count). The lowest BCUT2D eigenvalue weighted by Crippen LogP contribution is -2.14. The van der Waals surface area contributed by atoms with E-state index < -0.39 is 17.6 Å². The van der Waals surface area contributed by atoms with Crippen LogP contribution < -0.4 is 5.32 Å². The van der Waals surface area contributed by atoms with Crippen LogP contribution >= 0.6 is 0 Å². The fraction of sp³-hybridized carbons (Fsp3) is 0.125. The molecule has 0 saturated carbocycles. The highest BCUT2D eigenvalue weighted by atomic mass is 19.4. The normalized spacial score (nSPS) is 11.2. The van der Waals surface area contributed by atoms with E-state index in [1.165, 1.54) is 25.1 Å². The first-order chi connectivity index (χ1) is 15.2. The van der Waals surface area contributed by atoms with Crippen LogP contribution in [-0.2, 0) is 6.18 Å². The lowest BCUT2D eigenvalue weighted by atomic mass is 10.0. The molecule has 32 heavy (non-hydrogen) atoms. The molecule has 0 bridgehead atoms. The van der Waals surface area contributed by atoms with Crippen LogP contribution in [0.3, 0.4) is 0 Å². The fourth-order valence-corrected chi connectivity index (χ4v) is 2.87. The molecule has 3 aromatic rings. The van der Waals surface area contributed by atoms with Crippen molar-refractivity contribution in [1.29, 1.82) is 5.41 Å². The summed E-state index contributed by atoms with van der Waals surface area (Å²) in [5, 5.41) is 9.50. The van der Waals surface area contributed by atoms with Gasteiger partial charge in [-0.25, -0.2) is 4.98 Å². The fourth-order valence-electron chi connectivity index (χ4n) is 2.87. The summed E-state index contributed by atoms with van der Waals surface area (Å²) in [5.41, 5.74) is 1.62. The first-order valence-corrected chi connectivity index (χ1v) is 9.51. The van der Waals surface area contributed by atoms with E-state index in [0.29, 0.717) is 17.1 Å². The number of halogens is 3. The minimum Gasteiger partial charge on any atom is -0.332 e. The van der Waals surface area contributed by atoms with Gasteiger partial charge in [-0.2, -0.15) is 13.2 Å². The van der Waals surface area contributed by atoms with Gasteiger partial charge in [0.15, 0.2) is 0 Å². The van der Waals surface area contributed by atoms with Crippen molar-refractivity contribution < 1.29 is 18.0 Å². The number of rotatable bonds is 4. The molecule has 0 radical (unpaired) electrons. The van der Waals surface area contributed by atoms with Gasteiger partial charge in [0.2, 0.25) is 0 Å². The highest BCUT2D eigenvalue weighted by Crippen LogP contribution is 2.33. The van der Waals surface area contributed by atoms with Crippen molar-refractivity contribution in [1.82, 2.24) is 9.97 Å². The largest absolute Gasteiger partial charge is 0.416 e. The summed E-state index contributed by atoms with van der Waals surface area (Å²) in [6.07, 6.45) is 1.34. The highest BCUT2D eigenvalue weighted by Gasteiger charge is 2.32. The molecule has 2 aromatic carbocycles. The molecule has 162 valence electrons. The van der Waals surface area contributed by atoms with E-state index in [0.717, 1.165) is 17.8 Å². The molecule has 0 aliphatic rings.